The largest absolute Gasteiger partial charge is 0.381 e. The van der Waals surface area contributed by atoms with Crippen molar-refractivity contribution in [2.24, 2.45) is 0 Å². The predicted molar refractivity (Wildman–Crippen MR) is 191 cm³/mol. The molecule has 0 unspecified atom stereocenters. The van der Waals surface area contributed by atoms with E-state index in [1.54, 1.807) is 42.5 Å². The van der Waals surface area contributed by atoms with E-state index in [9.17, 15) is 16.8 Å². The summed E-state index contributed by atoms with van der Waals surface area (Å²) in [5.74, 6) is 0.783. The van der Waals surface area contributed by atoms with Crippen LogP contribution in [0.1, 0.15) is 59.8 Å². The minimum atomic E-state index is -3.47. The molecule has 0 aromatic heterocycles. The molecule has 8 nitrogen and oxygen atoms in total. The van der Waals surface area contributed by atoms with Crippen LogP contribution < -0.4 is 21.3 Å². The number of anilines is 2. The summed E-state index contributed by atoms with van der Waals surface area (Å²) in [5, 5.41) is 14.0. The van der Waals surface area contributed by atoms with Crippen LogP contribution in [-0.4, -0.2) is 55.1 Å². The molecule has 10 heteroatoms. The van der Waals surface area contributed by atoms with Gasteiger partial charge in [-0.2, -0.15) is 0 Å². The smallest absolute Gasteiger partial charge is 0.206 e. The van der Waals surface area contributed by atoms with Crippen LogP contribution in [0.2, 0.25) is 0 Å². The second kappa shape index (κ2) is 13.3. The normalized spacial score (nSPS) is 23.0. The fraction of sp³-hybridized carbons (Fsp3) is 0.368. The van der Waals surface area contributed by atoms with Gasteiger partial charge < -0.3 is 21.3 Å². The number of aryl methyl sites for hydroxylation is 2. The Morgan fingerprint density at radius 2 is 0.958 bits per heavy atom. The Bertz CT molecular complexity index is 2030. The summed E-state index contributed by atoms with van der Waals surface area (Å²) in [6.07, 6.45) is 4.22. The number of hydrogen-bond donors (Lipinski definition) is 4. The Labute approximate surface area is 284 Å². The van der Waals surface area contributed by atoms with Crippen molar-refractivity contribution in [3.63, 3.8) is 0 Å². The van der Waals surface area contributed by atoms with Crippen LogP contribution in [0.4, 0.5) is 11.4 Å². The average molecular weight is 685 g/mol. The third kappa shape index (κ3) is 6.39. The van der Waals surface area contributed by atoms with E-state index in [0.717, 1.165) is 85.5 Å². The molecular weight excluding hydrogens is 641 g/mol. The first-order valence-corrected chi connectivity index (χ1v) is 19.9. The van der Waals surface area contributed by atoms with Crippen LogP contribution in [0.3, 0.4) is 0 Å². The fourth-order valence-corrected chi connectivity index (χ4v) is 10.3. The van der Waals surface area contributed by atoms with E-state index in [-0.39, 0.29) is 0 Å². The van der Waals surface area contributed by atoms with Crippen LogP contribution in [0, 0.1) is 13.8 Å². The molecule has 0 spiro atoms. The highest BCUT2D eigenvalue weighted by Gasteiger charge is 2.35. The van der Waals surface area contributed by atoms with Crippen molar-refractivity contribution in [2.45, 2.75) is 83.0 Å². The predicted octanol–water partition coefficient (Wildman–Crippen LogP) is 6.18. The van der Waals surface area contributed by atoms with Gasteiger partial charge in [0.2, 0.25) is 19.7 Å². The molecule has 4 aromatic carbocycles. The Hall–Kier alpha value is -3.70. The maximum atomic E-state index is 13.0. The van der Waals surface area contributed by atoms with Gasteiger partial charge in [-0.25, -0.2) is 16.8 Å². The monoisotopic (exact) mass is 684 g/mol. The molecule has 4 N–H and O–H groups in total. The molecule has 4 aliphatic heterocycles. The minimum absolute atomic E-state index is 0.359. The van der Waals surface area contributed by atoms with E-state index >= 15 is 0 Å². The van der Waals surface area contributed by atoms with Crippen molar-refractivity contribution in [1.82, 2.24) is 10.6 Å². The fourth-order valence-electron chi connectivity index (χ4n) is 7.64. The summed E-state index contributed by atoms with van der Waals surface area (Å²) in [5.41, 5.74) is 6.49. The third-order valence-electron chi connectivity index (χ3n) is 10.3. The molecule has 2 fully saturated rings. The molecule has 0 radical (unpaired) electrons. The summed E-state index contributed by atoms with van der Waals surface area (Å²) in [6, 6.07) is 26.1. The van der Waals surface area contributed by atoms with Crippen molar-refractivity contribution < 1.29 is 16.8 Å². The van der Waals surface area contributed by atoms with Gasteiger partial charge in [-0.1, -0.05) is 29.8 Å². The Balaban J connectivity index is 0.000000152. The Morgan fingerprint density at radius 3 is 1.48 bits per heavy atom. The molecule has 0 bridgehead atoms. The van der Waals surface area contributed by atoms with E-state index in [4.69, 9.17) is 0 Å². The molecule has 4 atom stereocenters. The number of benzene rings is 4. The van der Waals surface area contributed by atoms with E-state index in [1.165, 1.54) is 0 Å². The quantitative estimate of drug-likeness (QED) is 0.202. The van der Waals surface area contributed by atoms with Crippen molar-refractivity contribution in [3.05, 3.63) is 107 Å². The number of nitrogens with one attached hydrogen (secondary N) is 4. The standard InChI is InChI=1S/2C19H22N2O2S/c1-13-2-4-14(5-3-13)24(22,23)15-6-7-18-17(12-15)16-8-10-20-11-9-19(16)21-18;1-13-3-2-4-14(11-13)24(22,23)15-5-6-18-17(12-15)16-7-9-20-10-8-19(16)21-18/h2-7,12,16,19-21H,8-11H2,1H3;2-6,11-12,16,19-21H,7-10H2,1H3/t2*16-,19-/m00/s1. The third-order valence-corrected chi connectivity index (χ3v) is 13.8. The van der Waals surface area contributed by atoms with Crippen molar-refractivity contribution >= 4 is 31.0 Å². The van der Waals surface area contributed by atoms with E-state index in [0.29, 0.717) is 43.5 Å². The van der Waals surface area contributed by atoms with Crippen LogP contribution in [-0.2, 0) is 19.7 Å². The molecule has 0 saturated carbocycles. The summed E-state index contributed by atoms with van der Waals surface area (Å²) >= 11 is 0. The summed E-state index contributed by atoms with van der Waals surface area (Å²) in [7, 11) is -6.94. The van der Waals surface area contributed by atoms with Crippen molar-refractivity contribution in [2.75, 3.05) is 36.8 Å². The van der Waals surface area contributed by atoms with Crippen LogP contribution in [0.25, 0.3) is 0 Å². The molecule has 8 rings (SSSR count). The molecule has 4 aliphatic rings. The van der Waals surface area contributed by atoms with Gasteiger partial charge in [0.05, 0.1) is 19.6 Å². The number of hydrogen-bond acceptors (Lipinski definition) is 8. The SMILES string of the molecule is Cc1ccc(S(=O)(=O)c2ccc3c(c2)[C@@H]2CCNCC[C@@H]2N3)cc1.Cc1cccc(S(=O)(=O)c2ccc3c(c2)[C@@H]2CCNCC[C@@H]2N3)c1. The van der Waals surface area contributed by atoms with Crippen LogP contribution in [0.5, 0.6) is 0 Å². The van der Waals surface area contributed by atoms with Gasteiger partial charge in [0.1, 0.15) is 0 Å². The highest BCUT2D eigenvalue weighted by molar-refractivity contribution is 7.91. The second-order valence-electron chi connectivity index (χ2n) is 13.5. The van der Waals surface area contributed by atoms with Gasteiger partial charge >= 0.3 is 0 Å². The zero-order chi connectivity index (χ0) is 33.5. The zero-order valence-electron chi connectivity index (χ0n) is 27.5. The van der Waals surface area contributed by atoms with Gasteiger partial charge in [-0.15, -0.1) is 0 Å². The first-order chi connectivity index (χ1) is 23.1. The first-order valence-electron chi connectivity index (χ1n) is 17.0. The molecule has 48 heavy (non-hydrogen) atoms. The maximum absolute atomic E-state index is 13.0. The van der Waals surface area contributed by atoms with Crippen LogP contribution in [0.15, 0.2) is 105 Å². The highest BCUT2D eigenvalue weighted by atomic mass is 32.2. The van der Waals surface area contributed by atoms with Gasteiger partial charge in [-0.3, -0.25) is 0 Å². The molecular formula is C38H44N4O4S2. The number of rotatable bonds is 4. The summed E-state index contributed by atoms with van der Waals surface area (Å²) in [6.45, 7) is 7.86. The number of fused-ring (bicyclic) bond motifs is 6. The lowest BCUT2D eigenvalue weighted by Crippen LogP contribution is -2.21. The first kappa shape index (κ1) is 32.8. The van der Waals surface area contributed by atoms with Crippen LogP contribution >= 0.6 is 0 Å². The Morgan fingerprint density at radius 1 is 0.500 bits per heavy atom. The van der Waals surface area contributed by atoms with Crippen molar-refractivity contribution in [3.8, 4) is 0 Å². The molecule has 4 aromatic rings. The molecule has 252 valence electrons. The average Bonchev–Trinajstić information content (AvgIpc) is 3.37. The lowest BCUT2D eigenvalue weighted by Gasteiger charge is -2.16. The van der Waals surface area contributed by atoms with E-state index in [1.807, 2.05) is 56.3 Å². The maximum Gasteiger partial charge on any atom is 0.206 e. The van der Waals surface area contributed by atoms with Gasteiger partial charge in [-0.05, 0) is 143 Å². The van der Waals surface area contributed by atoms with Gasteiger partial charge in [0.25, 0.3) is 0 Å². The lowest BCUT2D eigenvalue weighted by molar-refractivity contribution is 0.576. The van der Waals surface area contributed by atoms with Crippen molar-refractivity contribution in [1.29, 1.82) is 0 Å². The minimum Gasteiger partial charge on any atom is -0.381 e. The van der Waals surface area contributed by atoms with E-state index < -0.39 is 19.7 Å². The summed E-state index contributed by atoms with van der Waals surface area (Å²) in [4.78, 5) is 1.52. The van der Waals surface area contributed by atoms with Gasteiger partial charge in [0, 0.05) is 35.3 Å². The summed E-state index contributed by atoms with van der Waals surface area (Å²) < 4.78 is 51.8. The van der Waals surface area contributed by atoms with Gasteiger partial charge in [0.15, 0.2) is 0 Å². The zero-order valence-corrected chi connectivity index (χ0v) is 29.1. The molecule has 2 saturated heterocycles. The van der Waals surface area contributed by atoms with E-state index in [2.05, 4.69) is 21.3 Å². The highest BCUT2D eigenvalue weighted by Crippen LogP contribution is 2.43. The second-order valence-corrected chi connectivity index (χ2v) is 17.4. The number of sulfone groups is 2. The Kier molecular flexibility index (Phi) is 9.10. The molecule has 0 aliphatic carbocycles. The lowest BCUT2D eigenvalue weighted by atomic mass is 9.91. The molecule has 4 heterocycles. The topological polar surface area (TPSA) is 116 Å². The molecule has 0 amide bonds.